The molecule has 11 heteroatoms. The molecule has 0 unspecified atom stereocenters. The van der Waals surface area contributed by atoms with Crippen LogP contribution in [0.25, 0.3) is 0 Å². The van der Waals surface area contributed by atoms with Gasteiger partial charge in [0.1, 0.15) is 31.7 Å². The molecule has 3 rings (SSSR count). The molecule has 1 heterocycles. The summed E-state index contributed by atoms with van der Waals surface area (Å²) >= 11 is 0. The van der Waals surface area contributed by atoms with Gasteiger partial charge in [0.2, 0.25) is 0 Å². The zero-order valence-corrected chi connectivity index (χ0v) is 20.3. The molecule has 0 atom stereocenters. The summed E-state index contributed by atoms with van der Waals surface area (Å²) in [5, 5.41) is 0. The second-order valence-corrected chi connectivity index (χ2v) is 8.71. The van der Waals surface area contributed by atoms with Crippen molar-refractivity contribution in [2.45, 2.75) is 29.1 Å². The number of hydrogen-bond acceptors (Lipinski definition) is 7. The molecule has 0 N–H and O–H groups in total. The van der Waals surface area contributed by atoms with Crippen molar-refractivity contribution in [3.05, 3.63) is 47.5 Å². The summed E-state index contributed by atoms with van der Waals surface area (Å²) in [4.78, 5) is -0.817. The van der Waals surface area contributed by atoms with Crippen molar-refractivity contribution in [3.63, 3.8) is 0 Å². The van der Waals surface area contributed by atoms with Crippen LogP contribution in [-0.2, 0) is 25.7 Å². The maximum atomic E-state index is 11.2. The molecule has 0 aliphatic carbocycles. The Labute approximate surface area is 196 Å². The van der Waals surface area contributed by atoms with Crippen molar-refractivity contribution < 1.29 is 89.8 Å². The molecule has 0 spiro atoms. The summed E-state index contributed by atoms with van der Waals surface area (Å²) in [5.41, 5.74) is -0.0515. The molecule has 0 radical (unpaired) electrons. The zero-order valence-electron chi connectivity index (χ0n) is 14.6. The molecule has 0 saturated carbocycles. The third-order valence-corrected chi connectivity index (χ3v) is 5.71. The van der Waals surface area contributed by atoms with Crippen LogP contribution in [0, 0.1) is 0 Å². The fourth-order valence-corrected chi connectivity index (χ4v) is 3.74. The van der Waals surface area contributed by atoms with Crippen LogP contribution in [0.2, 0.25) is 0 Å². The molecular formula is C15H12Na2O7S2. The Morgan fingerprint density at radius 1 is 0.769 bits per heavy atom. The molecule has 0 aromatic heterocycles. The van der Waals surface area contributed by atoms with Gasteiger partial charge in [0.25, 0.3) is 0 Å². The van der Waals surface area contributed by atoms with Crippen LogP contribution in [0.4, 0.5) is 0 Å². The number of hydrogen-bond donors (Lipinski definition) is 0. The van der Waals surface area contributed by atoms with Gasteiger partial charge in [-0.2, -0.15) is 0 Å². The van der Waals surface area contributed by atoms with Crippen LogP contribution in [0.5, 0.6) is 11.5 Å². The van der Waals surface area contributed by atoms with Gasteiger partial charge < -0.3 is 13.8 Å². The molecule has 0 saturated heterocycles. The number of rotatable bonds is 2. The first-order valence-corrected chi connectivity index (χ1v) is 9.61. The zero-order chi connectivity index (χ0) is 17.9. The Morgan fingerprint density at radius 2 is 1.12 bits per heavy atom. The normalized spacial score (nSPS) is 14.8. The maximum Gasteiger partial charge on any atom is 1.00 e. The Bertz CT molecular complexity index is 978. The fraction of sp³-hybridized carbons (Fsp3) is 0.200. The largest absolute Gasteiger partial charge is 1.00 e. The molecule has 0 fully saturated rings. The van der Waals surface area contributed by atoms with Gasteiger partial charge in [-0.25, -0.2) is 16.8 Å². The van der Waals surface area contributed by atoms with E-state index in [9.17, 15) is 25.9 Å². The topological polar surface area (TPSA) is 124 Å². The average Bonchev–Trinajstić information content (AvgIpc) is 2.44. The number of fused-ring (bicyclic) bond motifs is 2. The molecule has 1 aliphatic heterocycles. The third kappa shape index (κ3) is 4.38. The molecule has 0 bridgehead atoms. The quantitative estimate of drug-likeness (QED) is 0.362. The second-order valence-electron chi connectivity index (χ2n) is 5.95. The van der Waals surface area contributed by atoms with Crippen LogP contribution < -0.4 is 63.9 Å². The van der Waals surface area contributed by atoms with Crippen LogP contribution in [0.3, 0.4) is 0 Å². The Balaban J connectivity index is 0.00000169. The van der Waals surface area contributed by atoms with Crippen LogP contribution in [0.1, 0.15) is 25.0 Å². The van der Waals surface area contributed by atoms with Gasteiger partial charge in [-0.15, -0.1) is 0 Å². The van der Waals surface area contributed by atoms with Crippen molar-refractivity contribution in [1.82, 2.24) is 0 Å². The van der Waals surface area contributed by atoms with Gasteiger partial charge in [0, 0.05) is 16.5 Å². The van der Waals surface area contributed by atoms with Crippen molar-refractivity contribution in [2.24, 2.45) is 0 Å². The molecule has 2 aromatic carbocycles. The van der Waals surface area contributed by atoms with E-state index in [1.54, 1.807) is 13.8 Å². The predicted molar refractivity (Wildman–Crippen MR) is 81.0 cm³/mol. The minimum atomic E-state index is -4.65. The van der Waals surface area contributed by atoms with Crippen LogP contribution in [-0.4, -0.2) is 25.9 Å². The first-order valence-electron chi connectivity index (χ1n) is 6.79. The fourth-order valence-electron chi connectivity index (χ4n) is 2.75. The standard InChI is InChI=1S/C15H14O7S2.2Na/c1-15(2)11-7-9(23(16,17)18)3-5-13(11)22-14-6-4-10(8-12(14)15)24(19,20)21;;/h3-8H,1-2H3,(H,16,17,18)(H,19,20,21);;/q;2*+1/p-2. The average molecular weight is 414 g/mol. The van der Waals surface area contributed by atoms with Crippen molar-refractivity contribution in [2.75, 3.05) is 0 Å². The van der Waals surface area contributed by atoms with E-state index in [1.807, 2.05) is 0 Å². The summed E-state index contributed by atoms with van der Waals surface area (Å²) < 4.78 is 73.1. The SMILES string of the molecule is CC1(C)c2cc(S(=O)(=O)[O-])ccc2Oc2ccc(S(=O)(=O)[O-])cc21.[Na+].[Na+]. The first-order chi connectivity index (χ1) is 10.9. The summed E-state index contributed by atoms with van der Waals surface area (Å²) in [6.07, 6.45) is 0. The summed E-state index contributed by atoms with van der Waals surface area (Å²) in [6, 6.07) is 7.47. The van der Waals surface area contributed by atoms with Crippen molar-refractivity contribution in [1.29, 1.82) is 0 Å². The molecule has 1 aliphatic rings. The van der Waals surface area contributed by atoms with E-state index < -0.39 is 35.4 Å². The van der Waals surface area contributed by atoms with Gasteiger partial charge in [0.15, 0.2) is 0 Å². The number of benzene rings is 2. The van der Waals surface area contributed by atoms with Gasteiger partial charge >= 0.3 is 59.1 Å². The Kier molecular flexibility index (Phi) is 7.25. The van der Waals surface area contributed by atoms with Gasteiger partial charge in [-0.1, -0.05) is 13.8 Å². The first kappa shape index (κ1) is 24.1. The summed E-state index contributed by atoms with van der Waals surface area (Å²) in [6.45, 7) is 3.44. The molecule has 2 aromatic rings. The van der Waals surface area contributed by atoms with Gasteiger partial charge in [-0.05, 0) is 36.4 Å². The third-order valence-electron chi connectivity index (χ3n) is 4.05. The number of ether oxygens (including phenoxy) is 1. The summed E-state index contributed by atoms with van der Waals surface area (Å²) in [5.74, 6) is 0.718. The molecule has 128 valence electrons. The van der Waals surface area contributed by atoms with Crippen LogP contribution in [0.15, 0.2) is 46.2 Å². The molecule has 7 nitrogen and oxygen atoms in total. The Morgan fingerprint density at radius 3 is 1.42 bits per heavy atom. The predicted octanol–water partition coefficient (Wildman–Crippen LogP) is -4.07. The summed E-state index contributed by atoms with van der Waals surface area (Å²) in [7, 11) is -9.29. The molecular weight excluding hydrogens is 402 g/mol. The maximum absolute atomic E-state index is 11.2. The molecule has 26 heavy (non-hydrogen) atoms. The smallest absolute Gasteiger partial charge is 0.744 e. The van der Waals surface area contributed by atoms with Gasteiger partial charge in [-0.3, -0.25) is 0 Å². The van der Waals surface area contributed by atoms with E-state index in [0.717, 1.165) is 12.1 Å². The van der Waals surface area contributed by atoms with Crippen molar-refractivity contribution in [3.8, 4) is 11.5 Å². The van der Waals surface area contributed by atoms with E-state index in [1.165, 1.54) is 24.3 Å². The van der Waals surface area contributed by atoms with E-state index in [4.69, 9.17) is 4.74 Å². The van der Waals surface area contributed by atoms with E-state index in [-0.39, 0.29) is 59.1 Å². The Hall–Kier alpha value is 0.0600. The van der Waals surface area contributed by atoms with Gasteiger partial charge in [0.05, 0.1) is 9.79 Å². The molecule has 0 amide bonds. The van der Waals surface area contributed by atoms with E-state index in [2.05, 4.69) is 0 Å². The van der Waals surface area contributed by atoms with E-state index in [0.29, 0.717) is 22.6 Å². The van der Waals surface area contributed by atoms with E-state index >= 15 is 0 Å². The second kappa shape index (κ2) is 7.82. The minimum absolute atomic E-state index is 0. The minimum Gasteiger partial charge on any atom is -0.744 e. The van der Waals surface area contributed by atoms with Crippen molar-refractivity contribution >= 4 is 20.2 Å². The van der Waals surface area contributed by atoms with Crippen LogP contribution >= 0.6 is 0 Å². The monoisotopic (exact) mass is 414 g/mol.